The van der Waals surface area contributed by atoms with Crippen molar-refractivity contribution in [2.45, 2.75) is 46.0 Å². The lowest BCUT2D eigenvalue weighted by Gasteiger charge is -2.07. The highest BCUT2D eigenvalue weighted by atomic mass is 16.1. The molecule has 1 aliphatic carbocycles. The lowest BCUT2D eigenvalue weighted by molar-refractivity contribution is -0.118. The first-order chi connectivity index (χ1) is 7.20. The molecule has 0 amide bonds. The first kappa shape index (κ1) is 10.3. The molecule has 1 aliphatic rings. The second kappa shape index (κ2) is 4.09. The summed E-state index contributed by atoms with van der Waals surface area (Å²) in [6, 6.07) is 0. The zero-order valence-corrected chi connectivity index (χ0v) is 9.34. The highest BCUT2D eigenvalue weighted by molar-refractivity contribution is 5.80. The van der Waals surface area contributed by atoms with Crippen molar-refractivity contribution in [1.29, 1.82) is 0 Å². The highest BCUT2D eigenvalue weighted by Crippen LogP contribution is 2.23. The molecule has 1 heterocycles. The van der Waals surface area contributed by atoms with Crippen molar-refractivity contribution in [2.75, 3.05) is 0 Å². The lowest BCUT2D eigenvalue weighted by Crippen LogP contribution is -2.09. The van der Waals surface area contributed by atoms with E-state index in [4.69, 9.17) is 0 Å². The third-order valence-electron chi connectivity index (χ3n) is 2.89. The third kappa shape index (κ3) is 2.06. The number of fused-ring (bicyclic) bond motifs is 1. The van der Waals surface area contributed by atoms with E-state index in [0.29, 0.717) is 12.8 Å². The number of aromatic nitrogens is 2. The Balaban J connectivity index is 2.34. The fourth-order valence-corrected chi connectivity index (χ4v) is 2.10. The first-order valence-electron chi connectivity index (χ1n) is 5.57. The molecular weight excluding hydrogens is 188 g/mol. The molecule has 1 aromatic rings. The number of Topliss-reactive ketones (excluding diaryl/α,β-unsaturated/α-hetero) is 1. The average molecular weight is 204 g/mol. The van der Waals surface area contributed by atoms with Crippen molar-refractivity contribution in [1.82, 2.24) is 9.97 Å². The number of hydrogen-bond donors (Lipinski definition) is 0. The van der Waals surface area contributed by atoms with Crippen molar-refractivity contribution in [3.05, 3.63) is 22.8 Å². The Morgan fingerprint density at radius 2 is 2.13 bits per heavy atom. The van der Waals surface area contributed by atoms with Gasteiger partial charge in [-0.3, -0.25) is 4.79 Å². The topological polar surface area (TPSA) is 42.9 Å². The van der Waals surface area contributed by atoms with Crippen LogP contribution in [-0.2, 0) is 24.1 Å². The number of carbonyl (C=O) groups excluding carboxylic acids is 1. The Kier molecular flexibility index (Phi) is 2.80. The summed E-state index contributed by atoms with van der Waals surface area (Å²) in [6.07, 6.45) is 4.33. The van der Waals surface area contributed by atoms with Crippen molar-refractivity contribution >= 4 is 5.78 Å². The largest absolute Gasteiger partial charge is 0.299 e. The minimum Gasteiger partial charge on any atom is -0.299 e. The van der Waals surface area contributed by atoms with Crippen LogP contribution < -0.4 is 0 Å². The van der Waals surface area contributed by atoms with Gasteiger partial charge in [0.1, 0.15) is 11.6 Å². The third-order valence-corrected chi connectivity index (χ3v) is 2.89. The minimum atomic E-state index is 0.266. The summed E-state index contributed by atoms with van der Waals surface area (Å²) in [4.78, 5) is 20.3. The predicted octanol–water partition coefficient (Wildman–Crippen LogP) is 1.80. The van der Waals surface area contributed by atoms with Gasteiger partial charge in [0.25, 0.3) is 0 Å². The van der Waals surface area contributed by atoms with Crippen molar-refractivity contribution in [3.63, 3.8) is 0 Å². The molecule has 1 aromatic heterocycles. The number of hydrogen-bond acceptors (Lipinski definition) is 3. The normalized spacial score (nSPS) is 14.0. The van der Waals surface area contributed by atoms with Gasteiger partial charge in [0.05, 0.1) is 5.69 Å². The Hall–Kier alpha value is -1.25. The molecule has 0 unspecified atom stereocenters. The highest BCUT2D eigenvalue weighted by Gasteiger charge is 2.19. The van der Waals surface area contributed by atoms with Gasteiger partial charge in [0.2, 0.25) is 0 Å². The number of carbonyl (C=O) groups is 1. The molecule has 15 heavy (non-hydrogen) atoms. The van der Waals surface area contributed by atoms with Gasteiger partial charge in [-0.15, -0.1) is 0 Å². The van der Waals surface area contributed by atoms with Gasteiger partial charge >= 0.3 is 0 Å². The van der Waals surface area contributed by atoms with Crippen molar-refractivity contribution in [2.24, 2.45) is 0 Å². The maximum absolute atomic E-state index is 11.4. The standard InChI is InChI=1S/C12H16N2O/c1-3-9(15)7-12-10-5-4-6-11(10)13-8(2)14-12/h3-7H2,1-2H3. The summed E-state index contributed by atoms with van der Waals surface area (Å²) in [5.74, 6) is 1.07. The van der Waals surface area contributed by atoms with Gasteiger partial charge < -0.3 is 0 Å². The summed E-state index contributed by atoms with van der Waals surface area (Å²) in [7, 11) is 0. The lowest BCUT2D eigenvalue weighted by atomic mass is 10.1. The Bertz CT molecular complexity index is 399. The van der Waals surface area contributed by atoms with E-state index in [1.165, 1.54) is 11.3 Å². The molecule has 0 saturated heterocycles. The zero-order chi connectivity index (χ0) is 10.8. The quantitative estimate of drug-likeness (QED) is 0.754. The molecule has 3 nitrogen and oxygen atoms in total. The second-order valence-electron chi connectivity index (χ2n) is 4.07. The molecule has 0 radical (unpaired) electrons. The summed E-state index contributed by atoms with van der Waals surface area (Å²) < 4.78 is 0. The molecule has 3 heteroatoms. The summed E-state index contributed by atoms with van der Waals surface area (Å²) in [5.41, 5.74) is 3.38. The SMILES string of the molecule is CCC(=O)Cc1nc(C)nc2c1CCC2. The Labute approximate surface area is 89.9 Å². The van der Waals surface area contributed by atoms with Crippen molar-refractivity contribution < 1.29 is 4.79 Å². The van der Waals surface area contributed by atoms with Crippen LogP contribution in [-0.4, -0.2) is 15.8 Å². The van der Waals surface area contributed by atoms with E-state index in [9.17, 15) is 4.79 Å². The van der Waals surface area contributed by atoms with Gasteiger partial charge in [-0.05, 0) is 31.7 Å². The van der Waals surface area contributed by atoms with Crippen LogP contribution in [0.1, 0.15) is 42.5 Å². The smallest absolute Gasteiger partial charge is 0.138 e. The predicted molar refractivity (Wildman–Crippen MR) is 57.8 cm³/mol. The van der Waals surface area contributed by atoms with Gasteiger partial charge in [-0.2, -0.15) is 0 Å². The average Bonchev–Trinajstić information content (AvgIpc) is 2.65. The molecule has 0 aromatic carbocycles. The number of aryl methyl sites for hydroxylation is 2. The van der Waals surface area contributed by atoms with Crippen LogP contribution in [0.25, 0.3) is 0 Å². The molecule has 0 bridgehead atoms. The van der Waals surface area contributed by atoms with E-state index in [-0.39, 0.29) is 5.78 Å². The molecule has 0 fully saturated rings. The first-order valence-corrected chi connectivity index (χ1v) is 5.57. The molecule has 2 rings (SSSR count). The van der Waals surface area contributed by atoms with E-state index in [0.717, 1.165) is 30.8 Å². The van der Waals surface area contributed by atoms with E-state index < -0.39 is 0 Å². The van der Waals surface area contributed by atoms with Crippen LogP contribution in [0.5, 0.6) is 0 Å². The van der Waals surface area contributed by atoms with Gasteiger partial charge in [0, 0.05) is 18.5 Å². The minimum absolute atomic E-state index is 0.266. The molecule has 0 saturated carbocycles. The zero-order valence-electron chi connectivity index (χ0n) is 9.34. The van der Waals surface area contributed by atoms with Crippen LogP contribution in [0.2, 0.25) is 0 Å². The Morgan fingerprint density at radius 3 is 2.87 bits per heavy atom. The van der Waals surface area contributed by atoms with Gasteiger partial charge in [-0.1, -0.05) is 6.92 Å². The maximum atomic E-state index is 11.4. The van der Waals surface area contributed by atoms with E-state index in [2.05, 4.69) is 9.97 Å². The number of nitrogens with zero attached hydrogens (tertiary/aromatic N) is 2. The Morgan fingerprint density at radius 1 is 1.33 bits per heavy atom. The summed E-state index contributed by atoms with van der Waals surface area (Å²) in [5, 5.41) is 0. The summed E-state index contributed by atoms with van der Waals surface area (Å²) in [6.45, 7) is 3.80. The van der Waals surface area contributed by atoms with Crippen LogP contribution in [0, 0.1) is 6.92 Å². The number of rotatable bonds is 3. The number of ketones is 1. The van der Waals surface area contributed by atoms with Gasteiger partial charge in [0.15, 0.2) is 0 Å². The van der Waals surface area contributed by atoms with Crippen molar-refractivity contribution in [3.8, 4) is 0 Å². The summed E-state index contributed by atoms with van der Waals surface area (Å²) >= 11 is 0. The second-order valence-corrected chi connectivity index (χ2v) is 4.07. The van der Waals surface area contributed by atoms with Crippen LogP contribution in [0.15, 0.2) is 0 Å². The van der Waals surface area contributed by atoms with Crippen LogP contribution in [0.4, 0.5) is 0 Å². The fraction of sp³-hybridized carbons (Fsp3) is 0.583. The maximum Gasteiger partial charge on any atom is 0.138 e. The molecule has 0 aliphatic heterocycles. The van der Waals surface area contributed by atoms with Gasteiger partial charge in [-0.25, -0.2) is 9.97 Å². The van der Waals surface area contributed by atoms with E-state index in [1.54, 1.807) is 0 Å². The molecule has 80 valence electrons. The van der Waals surface area contributed by atoms with E-state index in [1.807, 2.05) is 13.8 Å². The van der Waals surface area contributed by atoms with Crippen LogP contribution >= 0.6 is 0 Å². The fourth-order valence-electron chi connectivity index (χ4n) is 2.10. The molecule has 0 atom stereocenters. The van der Waals surface area contributed by atoms with Crippen LogP contribution in [0.3, 0.4) is 0 Å². The molecule has 0 N–H and O–H groups in total. The van der Waals surface area contributed by atoms with E-state index >= 15 is 0 Å². The monoisotopic (exact) mass is 204 g/mol. The molecule has 0 spiro atoms. The molecular formula is C12H16N2O.